The van der Waals surface area contributed by atoms with E-state index < -0.39 is 0 Å². The first-order chi connectivity index (χ1) is 12.5. The number of nitrogens with two attached hydrogens (primary N) is 1. The monoisotopic (exact) mass is 349 g/mol. The Labute approximate surface area is 155 Å². The van der Waals surface area contributed by atoms with Crippen molar-refractivity contribution in [2.45, 2.75) is 56.8 Å². The summed E-state index contributed by atoms with van der Waals surface area (Å²) in [7, 11) is 0. The van der Waals surface area contributed by atoms with Gasteiger partial charge < -0.3 is 5.73 Å². The van der Waals surface area contributed by atoms with Gasteiger partial charge in [0.15, 0.2) is 0 Å². The molecule has 6 rings (SSSR count). The molecule has 4 saturated carbocycles. The maximum atomic E-state index is 13.5. The Hall–Kier alpha value is -1.83. The molecule has 0 amide bonds. The summed E-state index contributed by atoms with van der Waals surface area (Å²) in [5.41, 5.74) is 10.6. The van der Waals surface area contributed by atoms with E-state index in [4.69, 9.17) is 5.73 Å². The summed E-state index contributed by atoms with van der Waals surface area (Å²) in [5.74, 6) is 1.98. The molecule has 2 N–H and O–H groups in total. The molecular formula is C24H28FN. The van der Waals surface area contributed by atoms with Crippen molar-refractivity contribution in [1.82, 2.24) is 0 Å². The van der Waals surface area contributed by atoms with Crippen molar-refractivity contribution in [1.29, 1.82) is 0 Å². The molecule has 0 aliphatic heterocycles. The first kappa shape index (κ1) is 16.4. The Kier molecular flexibility index (Phi) is 3.51. The molecule has 0 spiro atoms. The van der Waals surface area contributed by atoms with Gasteiger partial charge in [-0.05, 0) is 96.4 Å². The molecule has 1 nitrogen and oxygen atoms in total. The van der Waals surface area contributed by atoms with Crippen molar-refractivity contribution < 1.29 is 4.39 Å². The van der Waals surface area contributed by atoms with E-state index in [2.05, 4.69) is 31.2 Å². The lowest BCUT2D eigenvalue weighted by atomic mass is 9.40. The second kappa shape index (κ2) is 5.58. The molecule has 3 atom stereocenters. The van der Waals surface area contributed by atoms with Crippen molar-refractivity contribution in [3.63, 3.8) is 0 Å². The molecule has 4 bridgehead atoms. The topological polar surface area (TPSA) is 26.0 Å². The number of halogens is 1. The number of anilines is 1. The van der Waals surface area contributed by atoms with Gasteiger partial charge in [0.2, 0.25) is 0 Å². The first-order valence-electron chi connectivity index (χ1n) is 10.1. The van der Waals surface area contributed by atoms with Crippen LogP contribution in [0.5, 0.6) is 0 Å². The van der Waals surface area contributed by atoms with E-state index in [0.717, 1.165) is 17.5 Å². The van der Waals surface area contributed by atoms with Gasteiger partial charge >= 0.3 is 0 Å². The number of hydrogen-bond donors (Lipinski definition) is 1. The van der Waals surface area contributed by atoms with Crippen LogP contribution in [0.25, 0.3) is 0 Å². The molecule has 2 heteroatoms. The number of rotatable bonds is 3. The lowest BCUT2D eigenvalue weighted by Gasteiger charge is -2.64. The molecule has 0 aromatic heterocycles. The van der Waals surface area contributed by atoms with Crippen LogP contribution in [0.3, 0.4) is 0 Å². The fourth-order valence-corrected chi connectivity index (χ4v) is 7.22. The lowest BCUT2D eigenvalue weighted by molar-refractivity contribution is -0.0838. The van der Waals surface area contributed by atoms with Gasteiger partial charge in [0.1, 0.15) is 5.82 Å². The van der Waals surface area contributed by atoms with Crippen LogP contribution in [-0.4, -0.2) is 0 Å². The molecule has 4 aliphatic rings. The number of hydrogen-bond acceptors (Lipinski definition) is 1. The van der Waals surface area contributed by atoms with Gasteiger partial charge in [-0.3, -0.25) is 0 Å². The second-order valence-corrected chi connectivity index (χ2v) is 9.46. The first-order valence-corrected chi connectivity index (χ1v) is 10.1. The predicted molar refractivity (Wildman–Crippen MR) is 104 cm³/mol. The maximum Gasteiger partial charge on any atom is 0.123 e. The summed E-state index contributed by atoms with van der Waals surface area (Å²) >= 11 is 0. The zero-order valence-electron chi connectivity index (χ0n) is 15.5. The third-order valence-corrected chi connectivity index (χ3v) is 7.94. The van der Waals surface area contributed by atoms with E-state index in [-0.39, 0.29) is 11.2 Å². The highest BCUT2D eigenvalue weighted by atomic mass is 19.1. The highest BCUT2D eigenvalue weighted by Gasteiger charge is 2.59. The molecular weight excluding hydrogens is 321 g/mol. The van der Waals surface area contributed by atoms with E-state index in [1.807, 2.05) is 12.1 Å². The van der Waals surface area contributed by atoms with Gasteiger partial charge in [-0.15, -0.1) is 0 Å². The van der Waals surface area contributed by atoms with Crippen LogP contribution in [0.4, 0.5) is 10.1 Å². The SMILES string of the molecule is CC(c1ccccc1N)C12CC3CC(CC(c4ccc(F)cc4)(C3)C1)C2. The number of benzene rings is 2. The molecule has 3 unspecified atom stereocenters. The third kappa shape index (κ3) is 2.34. The fourth-order valence-electron chi connectivity index (χ4n) is 7.22. The highest BCUT2D eigenvalue weighted by Crippen LogP contribution is 2.69. The molecule has 0 saturated heterocycles. The van der Waals surface area contributed by atoms with Crippen LogP contribution < -0.4 is 5.73 Å². The van der Waals surface area contributed by atoms with E-state index in [9.17, 15) is 4.39 Å². The molecule has 136 valence electrons. The summed E-state index contributed by atoms with van der Waals surface area (Å²) in [6.45, 7) is 2.40. The fraction of sp³-hybridized carbons (Fsp3) is 0.500. The van der Waals surface area contributed by atoms with Gasteiger partial charge in [-0.2, -0.15) is 0 Å². The van der Waals surface area contributed by atoms with Gasteiger partial charge in [0.25, 0.3) is 0 Å². The zero-order chi connectivity index (χ0) is 17.9. The molecule has 0 heterocycles. The van der Waals surface area contributed by atoms with E-state index >= 15 is 0 Å². The summed E-state index contributed by atoms with van der Waals surface area (Å²) < 4.78 is 13.5. The normalized spacial score (nSPS) is 36.2. The summed E-state index contributed by atoms with van der Waals surface area (Å²) in [6, 6.07) is 15.8. The summed E-state index contributed by atoms with van der Waals surface area (Å²) in [6.07, 6.45) is 7.86. The Bertz CT molecular complexity index is 810. The molecule has 2 aromatic rings. The lowest BCUT2D eigenvalue weighted by Crippen LogP contribution is -2.55. The third-order valence-electron chi connectivity index (χ3n) is 7.94. The van der Waals surface area contributed by atoms with Gasteiger partial charge in [-0.25, -0.2) is 4.39 Å². The summed E-state index contributed by atoms with van der Waals surface area (Å²) in [5, 5.41) is 0. The van der Waals surface area contributed by atoms with Crippen molar-refractivity contribution in [2.75, 3.05) is 5.73 Å². The minimum absolute atomic E-state index is 0.126. The predicted octanol–water partition coefficient (Wildman–Crippen LogP) is 6.05. The van der Waals surface area contributed by atoms with Crippen molar-refractivity contribution in [3.05, 3.63) is 65.5 Å². The highest BCUT2D eigenvalue weighted by molar-refractivity contribution is 5.49. The largest absolute Gasteiger partial charge is 0.398 e. The average Bonchev–Trinajstić information content (AvgIpc) is 2.61. The Morgan fingerprint density at radius 2 is 1.62 bits per heavy atom. The van der Waals surface area contributed by atoms with E-state index in [0.29, 0.717) is 11.3 Å². The van der Waals surface area contributed by atoms with Crippen molar-refractivity contribution in [2.24, 2.45) is 17.3 Å². The smallest absolute Gasteiger partial charge is 0.123 e. The molecule has 26 heavy (non-hydrogen) atoms. The second-order valence-electron chi connectivity index (χ2n) is 9.46. The number of nitrogen functional groups attached to an aromatic ring is 1. The van der Waals surface area contributed by atoms with Crippen molar-refractivity contribution in [3.8, 4) is 0 Å². The molecule has 4 fully saturated rings. The Morgan fingerprint density at radius 1 is 0.962 bits per heavy atom. The van der Waals surface area contributed by atoms with Gasteiger partial charge in [0.05, 0.1) is 0 Å². The van der Waals surface area contributed by atoms with Crippen LogP contribution in [0.15, 0.2) is 48.5 Å². The minimum atomic E-state index is -0.126. The van der Waals surface area contributed by atoms with E-state index in [1.54, 1.807) is 12.1 Å². The van der Waals surface area contributed by atoms with Gasteiger partial charge in [-0.1, -0.05) is 37.3 Å². The summed E-state index contributed by atoms with van der Waals surface area (Å²) in [4.78, 5) is 0. The molecule has 2 aromatic carbocycles. The van der Waals surface area contributed by atoms with Crippen LogP contribution in [0, 0.1) is 23.1 Å². The average molecular weight is 349 g/mol. The quantitative estimate of drug-likeness (QED) is 0.671. The van der Waals surface area contributed by atoms with Gasteiger partial charge in [0, 0.05) is 5.69 Å². The Balaban J connectivity index is 1.56. The standard InChI is InChI=1S/C24H28FN/c1-16(21-4-2-3-5-22(21)26)23-11-17-10-18(12-23)14-24(13-17,15-23)19-6-8-20(25)9-7-19/h2-9,16-18H,10-15,26H2,1H3. The number of para-hydroxylation sites is 1. The Morgan fingerprint density at radius 3 is 2.27 bits per heavy atom. The van der Waals surface area contributed by atoms with Crippen LogP contribution >= 0.6 is 0 Å². The van der Waals surface area contributed by atoms with E-state index in [1.165, 1.54) is 49.7 Å². The van der Waals surface area contributed by atoms with Crippen molar-refractivity contribution >= 4 is 5.69 Å². The van der Waals surface area contributed by atoms with Crippen LogP contribution in [-0.2, 0) is 5.41 Å². The van der Waals surface area contributed by atoms with Crippen LogP contribution in [0.2, 0.25) is 0 Å². The minimum Gasteiger partial charge on any atom is -0.398 e. The molecule has 0 radical (unpaired) electrons. The molecule has 4 aliphatic carbocycles. The zero-order valence-corrected chi connectivity index (χ0v) is 15.5. The maximum absolute atomic E-state index is 13.5. The van der Waals surface area contributed by atoms with Crippen LogP contribution in [0.1, 0.15) is 62.5 Å².